The fourth-order valence-electron chi connectivity index (χ4n) is 2.07. The molecule has 102 valence electrons. The molecule has 0 aliphatic heterocycles. The Hall–Kier alpha value is -0.570. The summed E-state index contributed by atoms with van der Waals surface area (Å²) in [5.74, 6) is -0.831. The number of hydrogen-bond acceptors (Lipinski definition) is 2. The van der Waals surface area contributed by atoms with Crippen LogP contribution in [0.5, 0.6) is 0 Å². The van der Waals surface area contributed by atoms with Crippen molar-refractivity contribution in [2.75, 3.05) is 0 Å². The lowest BCUT2D eigenvalue weighted by Crippen LogP contribution is -2.42. The number of rotatable bonds is 10. The van der Waals surface area contributed by atoms with Gasteiger partial charge < -0.3 is 9.84 Å². The molecule has 0 aromatic heterocycles. The van der Waals surface area contributed by atoms with Crippen LogP contribution in [0.15, 0.2) is 0 Å². The summed E-state index contributed by atoms with van der Waals surface area (Å²) in [6, 6.07) is 0. The third-order valence-electron chi connectivity index (χ3n) is 3.42. The summed E-state index contributed by atoms with van der Waals surface area (Å²) in [6.45, 7) is 7.92. The van der Waals surface area contributed by atoms with Gasteiger partial charge in [0.15, 0.2) is 5.60 Å². The molecular formula is C14H28O3. The summed E-state index contributed by atoms with van der Waals surface area (Å²) >= 11 is 0. The molecule has 0 aliphatic carbocycles. The van der Waals surface area contributed by atoms with E-state index in [0.717, 1.165) is 12.8 Å². The summed E-state index contributed by atoms with van der Waals surface area (Å²) in [7, 11) is 0. The third kappa shape index (κ3) is 5.53. The zero-order valence-corrected chi connectivity index (χ0v) is 11.8. The van der Waals surface area contributed by atoms with E-state index in [1.54, 1.807) is 0 Å². The largest absolute Gasteiger partial charge is 0.479 e. The Morgan fingerprint density at radius 1 is 1.18 bits per heavy atom. The van der Waals surface area contributed by atoms with Crippen molar-refractivity contribution in [3.8, 4) is 0 Å². The molecule has 0 rings (SSSR count). The number of carboxylic acids is 1. The van der Waals surface area contributed by atoms with Gasteiger partial charge in [-0.1, -0.05) is 46.5 Å². The minimum atomic E-state index is -0.982. The second-order valence-corrected chi connectivity index (χ2v) is 4.78. The maximum absolute atomic E-state index is 11.3. The van der Waals surface area contributed by atoms with E-state index in [1.165, 1.54) is 19.3 Å². The van der Waals surface area contributed by atoms with Gasteiger partial charge in [0.1, 0.15) is 0 Å². The van der Waals surface area contributed by atoms with Gasteiger partial charge >= 0.3 is 5.97 Å². The Morgan fingerprint density at radius 3 is 2.18 bits per heavy atom. The first-order chi connectivity index (χ1) is 8.02. The minimum Gasteiger partial charge on any atom is -0.479 e. The molecule has 3 heteroatoms. The SMILES string of the molecule is CCCCCCC(C)OC(CC)(CC)C(=O)O. The highest BCUT2D eigenvalue weighted by Crippen LogP contribution is 2.24. The van der Waals surface area contributed by atoms with Gasteiger partial charge in [-0.3, -0.25) is 0 Å². The maximum Gasteiger partial charge on any atom is 0.335 e. The van der Waals surface area contributed by atoms with Crippen molar-refractivity contribution in [1.29, 1.82) is 0 Å². The molecule has 0 spiro atoms. The lowest BCUT2D eigenvalue weighted by molar-refractivity contribution is -0.175. The Labute approximate surface area is 106 Å². The Bertz CT molecular complexity index is 210. The van der Waals surface area contributed by atoms with Crippen molar-refractivity contribution in [1.82, 2.24) is 0 Å². The van der Waals surface area contributed by atoms with Crippen LogP contribution in [0.2, 0.25) is 0 Å². The van der Waals surface area contributed by atoms with Crippen LogP contribution in [0, 0.1) is 0 Å². The Morgan fingerprint density at radius 2 is 1.76 bits per heavy atom. The van der Waals surface area contributed by atoms with Gasteiger partial charge in [0.2, 0.25) is 0 Å². The van der Waals surface area contributed by atoms with Gasteiger partial charge in [0, 0.05) is 0 Å². The third-order valence-corrected chi connectivity index (χ3v) is 3.42. The maximum atomic E-state index is 11.3. The standard InChI is InChI=1S/C14H28O3/c1-5-8-9-10-11-12(4)17-14(6-2,7-3)13(15)16/h12H,5-11H2,1-4H3,(H,15,16). The van der Waals surface area contributed by atoms with Crippen LogP contribution in [0.1, 0.15) is 72.6 Å². The predicted molar refractivity (Wildman–Crippen MR) is 70.3 cm³/mol. The molecule has 1 unspecified atom stereocenters. The van der Waals surface area contributed by atoms with Crippen molar-refractivity contribution >= 4 is 5.97 Å². The second kappa shape index (κ2) is 8.51. The van der Waals surface area contributed by atoms with E-state index in [-0.39, 0.29) is 6.10 Å². The number of carboxylic acid groups (broad SMARTS) is 1. The van der Waals surface area contributed by atoms with E-state index in [9.17, 15) is 9.90 Å². The molecule has 0 fully saturated rings. The first-order valence-corrected chi connectivity index (χ1v) is 6.93. The summed E-state index contributed by atoms with van der Waals surface area (Å²) in [6.07, 6.45) is 6.84. The molecule has 0 amide bonds. The number of carbonyl (C=O) groups is 1. The van der Waals surface area contributed by atoms with Crippen molar-refractivity contribution in [3.63, 3.8) is 0 Å². The number of unbranched alkanes of at least 4 members (excludes halogenated alkanes) is 3. The zero-order valence-electron chi connectivity index (χ0n) is 11.8. The Kier molecular flexibility index (Phi) is 8.23. The smallest absolute Gasteiger partial charge is 0.335 e. The average Bonchev–Trinajstić information content (AvgIpc) is 2.31. The molecule has 3 nitrogen and oxygen atoms in total. The van der Waals surface area contributed by atoms with Crippen LogP contribution < -0.4 is 0 Å². The Balaban J connectivity index is 4.13. The van der Waals surface area contributed by atoms with Gasteiger partial charge in [-0.05, 0) is 26.2 Å². The lowest BCUT2D eigenvalue weighted by atomic mass is 9.96. The number of aliphatic carboxylic acids is 1. The molecule has 0 aromatic carbocycles. The molecule has 0 heterocycles. The van der Waals surface area contributed by atoms with Crippen LogP contribution in [-0.4, -0.2) is 22.8 Å². The molecular weight excluding hydrogens is 216 g/mol. The fraction of sp³-hybridized carbons (Fsp3) is 0.929. The molecule has 0 bridgehead atoms. The van der Waals surface area contributed by atoms with Crippen molar-refractivity contribution in [3.05, 3.63) is 0 Å². The molecule has 0 saturated heterocycles. The molecule has 0 aromatic rings. The van der Waals surface area contributed by atoms with E-state index < -0.39 is 11.6 Å². The van der Waals surface area contributed by atoms with E-state index in [0.29, 0.717) is 12.8 Å². The molecule has 1 atom stereocenters. The topological polar surface area (TPSA) is 46.5 Å². The normalized spacial score (nSPS) is 13.6. The van der Waals surface area contributed by atoms with Crippen LogP contribution in [0.25, 0.3) is 0 Å². The van der Waals surface area contributed by atoms with Gasteiger partial charge in [-0.25, -0.2) is 4.79 Å². The monoisotopic (exact) mass is 244 g/mol. The van der Waals surface area contributed by atoms with Crippen molar-refractivity contribution in [2.45, 2.75) is 84.3 Å². The van der Waals surface area contributed by atoms with Gasteiger partial charge in [0.25, 0.3) is 0 Å². The van der Waals surface area contributed by atoms with Gasteiger partial charge in [-0.2, -0.15) is 0 Å². The van der Waals surface area contributed by atoms with Crippen LogP contribution in [0.3, 0.4) is 0 Å². The minimum absolute atomic E-state index is 0.0304. The predicted octanol–water partition coefficient (Wildman–Crippen LogP) is 4.01. The van der Waals surface area contributed by atoms with Crippen LogP contribution in [0.4, 0.5) is 0 Å². The molecule has 0 saturated carbocycles. The summed E-state index contributed by atoms with van der Waals surface area (Å²) < 4.78 is 5.78. The van der Waals surface area contributed by atoms with Crippen molar-refractivity contribution in [2.24, 2.45) is 0 Å². The highest BCUT2D eigenvalue weighted by molar-refractivity contribution is 5.77. The first-order valence-electron chi connectivity index (χ1n) is 6.93. The van der Waals surface area contributed by atoms with E-state index in [1.807, 2.05) is 20.8 Å². The van der Waals surface area contributed by atoms with Gasteiger partial charge in [0.05, 0.1) is 6.10 Å². The summed E-state index contributed by atoms with van der Waals surface area (Å²) in [4.78, 5) is 11.3. The highest BCUT2D eigenvalue weighted by Gasteiger charge is 2.37. The number of ether oxygens (including phenoxy) is 1. The highest BCUT2D eigenvalue weighted by atomic mass is 16.5. The summed E-state index contributed by atoms with van der Waals surface area (Å²) in [5, 5.41) is 9.26. The van der Waals surface area contributed by atoms with Crippen molar-refractivity contribution < 1.29 is 14.6 Å². The average molecular weight is 244 g/mol. The second-order valence-electron chi connectivity index (χ2n) is 4.78. The molecule has 17 heavy (non-hydrogen) atoms. The lowest BCUT2D eigenvalue weighted by Gasteiger charge is -2.30. The molecule has 1 N–H and O–H groups in total. The fourth-order valence-corrected chi connectivity index (χ4v) is 2.07. The zero-order chi connectivity index (χ0) is 13.3. The van der Waals surface area contributed by atoms with Gasteiger partial charge in [-0.15, -0.1) is 0 Å². The molecule has 0 aliphatic rings. The van der Waals surface area contributed by atoms with E-state index >= 15 is 0 Å². The van der Waals surface area contributed by atoms with E-state index in [4.69, 9.17) is 4.74 Å². The number of hydrogen-bond donors (Lipinski definition) is 1. The van der Waals surface area contributed by atoms with Crippen LogP contribution in [-0.2, 0) is 9.53 Å². The summed E-state index contributed by atoms with van der Waals surface area (Å²) in [5.41, 5.74) is -0.982. The molecule has 0 radical (unpaired) electrons. The van der Waals surface area contributed by atoms with Crippen LogP contribution >= 0.6 is 0 Å². The quantitative estimate of drug-likeness (QED) is 0.591. The van der Waals surface area contributed by atoms with E-state index in [2.05, 4.69) is 6.92 Å². The first kappa shape index (κ1) is 16.4.